The van der Waals surface area contributed by atoms with Crippen LogP contribution in [-0.4, -0.2) is 40.7 Å². The van der Waals surface area contributed by atoms with Gasteiger partial charge in [-0.05, 0) is 51.0 Å². The fourth-order valence-corrected chi connectivity index (χ4v) is 2.65. The third-order valence-corrected chi connectivity index (χ3v) is 4.20. The molecule has 1 aromatic carbocycles. The molecule has 0 aliphatic carbocycles. The fourth-order valence-electron chi connectivity index (χ4n) is 2.65. The monoisotopic (exact) mass is 354 g/mol. The predicted molar refractivity (Wildman–Crippen MR) is 104 cm³/mol. The van der Waals surface area contributed by atoms with Crippen LogP contribution in [0.3, 0.4) is 0 Å². The van der Waals surface area contributed by atoms with Gasteiger partial charge in [0.05, 0.1) is 16.9 Å². The van der Waals surface area contributed by atoms with E-state index in [9.17, 15) is 9.90 Å². The summed E-state index contributed by atoms with van der Waals surface area (Å²) in [5.74, 6) is -0.0640. The maximum absolute atomic E-state index is 12.9. The zero-order valence-corrected chi connectivity index (χ0v) is 15.6. The molecule has 2 rings (SSSR count). The van der Waals surface area contributed by atoms with E-state index in [2.05, 4.69) is 22.2 Å². The topological polar surface area (TPSA) is 77.8 Å². The number of hydrogen-bond donors (Lipinski definition) is 2. The minimum Gasteiger partial charge on any atom is -0.386 e. The Morgan fingerprint density at radius 3 is 2.73 bits per heavy atom. The first-order valence-electron chi connectivity index (χ1n) is 8.63. The Morgan fingerprint density at radius 2 is 2.08 bits per heavy atom. The highest BCUT2D eigenvalue weighted by atomic mass is 16.3. The lowest BCUT2D eigenvalue weighted by Crippen LogP contribution is -2.33. The molecule has 0 aliphatic heterocycles. The van der Waals surface area contributed by atoms with Crippen LogP contribution in [0.1, 0.15) is 42.3 Å². The lowest BCUT2D eigenvalue weighted by atomic mass is 9.98. The molecule has 0 spiro atoms. The summed E-state index contributed by atoms with van der Waals surface area (Å²) in [5.41, 5.74) is 4.76. The molecule has 1 aromatic heterocycles. The van der Waals surface area contributed by atoms with Gasteiger partial charge in [-0.25, -0.2) is 0 Å². The second kappa shape index (κ2) is 8.58. The summed E-state index contributed by atoms with van der Waals surface area (Å²) in [6.45, 7) is 9.97. The minimum absolute atomic E-state index is 0.0640. The van der Waals surface area contributed by atoms with Crippen LogP contribution < -0.4 is 5.43 Å². The Labute approximate surface area is 154 Å². The number of hydrogen-bond acceptors (Lipinski definition) is 5. The maximum atomic E-state index is 12.9. The smallest absolute Gasteiger partial charge is 0.256 e. The molecule has 1 heterocycles. The van der Waals surface area contributed by atoms with Gasteiger partial charge in [0.15, 0.2) is 0 Å². The molecule has 2 aromatic rings. The van der Waals surface area contributed by atoms with Crippen LogP contribution in [0.5, 0.6) is 0 Å². The summed E-state index contributed by atoms with van der Waals surface area (Å²) in [7, 11) is 0. The van der Waals surface area contributed by atoms with E-state index < -0.39 is 5.60 Å². The molecule has 2 N–H and O–H groups in total. The van der Waals surface area contributed by atoms with Gasteiger partial charge in [0.25, 0.3) is 5.91 Å². The van der Waals surface area contributed by atoms with Crippen molar-refractivity contribution in [2.45, 2.75) is 32.8 Å². The Morgan fingerprint density at radius 1 is 1.35 bits per heavy atom. The third kappa shape index (κ3) is 4.89. The van der Waals surface area contributed by atoms with Gasteiger partial charge in [0, 0.05) is 37.8 Å². The van der Waals surface area contributed by atoms with Crippen molar-refractivity contribution < 1.29 is 9.90 Å². The van der Waals surface area contributed by atoms with E-state index in [0.717, 1.165) is 11.1 Å². The van der Waals surface area contributed by atoms with Crippen LogP contribution in [0.25, 0.3) is 0 Å². The molecule has 0 saturated carbocycles. The molecular weight excluding hydrogens is 328 g/mol. The number of hydrazone groups is 1. The summed E-state index contributed by atoms with van der Waals surface area (Å²) in [4.78, 5) is 18.9. The number of rotatable bonds is 8. The number of pyridine rings is 1. The van der Waals surface area contributed by atoms with E-state index in [1.54, 1.807) is 43.3 Å². The highest BCUT2D eigenvalue weighted by molar-refractivity contribution is 5.99. The summed E-state index contributed by atoms with van der Waals surface area (Å²) in [6.07, 6.45) is 4.09. The standard InChI is InChI=1S/C20H26N4O2/c1-5-24(19(25)17-8-6-7-9-18(17)23-21-4)11-10-15-12-16(14-22-13-15)20(2,3)26/h6-9,12-14,23,26H,4-5,10-11H2,1-3H3. The van der Waals surface area contributed by atoms with Gasteiger partial charge < -0.3 is 10.0 Å². The van der Waals surface area contributed by atoms with Crippen LogP contribution in [0, 0.1) is 0 Å². The third-order valence-electron chi connectivity index (χ3n) is 4.20. The van der Waals surface area contributed by atoms with E-state index >= 15 is 0 Å². The van der Waals surface area contributed by atoms with Crippen molar-refractivity contribution in [3.8, 4) is 0 Å². The Kier molecular flexibility index (Phi) is 6.46. The molecule has 0 unspecified atom stereocenters. The zero-order chi connectivity index (χ0) is 19.2. The number of carbonyl (C=O) groups is 1. The minimum atomic E-state index is -0.939. The number of anilines is 1. The van der Waals surface area contributed by atoms with Crippen molar-refractivity contribution in [2.75, 3.05) is 18.5 Å². The second-order valence-electron chi connectivity index (χ2n) is 6.59. The van der Waals surface area contributed by atoms with Crippen LogP contribution in [0.15, 0.2) is 47.8 Å². The van der Waals surface area contributed by atoms with Crippen molar-refractivity contribution in [2.24, 2.45) is 5.10 Å². The van der Waals surface area contributed by atoms with Gasteiger partial charge in [-0.1, -0.05) is 12.1 Å². The van der Waals surface area contributed by atoms with E-state index in [1.807, 2.05) is 25.1 Å². The molecular formula is C20H26N4O2. The molecule has 26 heavy (non-hydrogen) atoms. The number of carbonyl (C=O) groups excluding carboxylic acids is 1. The number of para-hydroxylation sites is 1. The highest BCUT2D eigenvalue weighted by Crippen LogP contribution is 2.20. The van der Waals surface area contributed by atoms with Gasteiger partial charge >= 0.3 is 0 Å². The second-order valence-corrected chi connectivity index (χ2v) is 6.59. The molecule has 1 amide bonds. The van der Waals surface area contributed by atoms with Crippen LogP contribution in [-0.2, 0) is 12.0 Å². The van der Waals surface area contributed by atoms with Crippen molar-refractivity contribution in [3.63, 3.8) is 0 Å². The zero-order valence-electron chi connectivity index (χ0n) is 15.6. The lowest BCUT2D eigenvalue weighted by Gasteiger charge is -2.23. The number of aromatic nitrogens is 1. The average molecular weight is 354 g/mol. The Balaban J connectivity index is 2.13. The fraction of sp³-hybridized carbons (Fsp3) is 0.350. The summed E-state index contributed by atoms with van der Waals surface area (Å²) < 4.78 is 0. The molecule has 0 aliphatic rings. The molecule has 138 valence electrons. The SMILES string of the molecule is C=NNc1ccccc1C(=O)N(CC)CCc1cncc(C(C)(C)O)c1. The number of nitrogens with one attached hydrogen (secondary N) is 1. The van der Waals surface area contributed by atoms with Gasteiger partial charge in [0.1, 0.15) is 0 Å². The highest BCUT2D eigenvalue weighted by Gasteiger charge is 2.19. The summed E-state index contributed by atoms with van der Waals surface area (Å²) >= 11 is 0. The van der Waals surface area contributed by atoms with Gasteiger partial charge in [-0.3, -0.25) is 15.2 Å². The Bertz CT molecular complexity index is 768. The number of aliphatic hydroxyl groups is 1. The Hall–Kier alpha value is -2.73. The molecule has 0 atom stereocenters. The van der Waals surface area contributed by atoms with E-state index in [1.165, 1.54) is 0 Å². The lowest BCUT2D eigenvalue weighted by molar-refractivity contribution is 0.0759. The molecule has 0 radical (unpaired) electrons. The van der Waals surface area contributed by atoms with E-state index in [4.69, 9.17) is 0 Å². The number of amides is 1. The quantitative estimate of drug-likeness (QED) is 0.564. The van der Waals surface area contributed by atoms with Crippen LogP contribution in [0.2, 0.25) is 0 Å². The molecule has 6 nitrogen and oxygen atoms in total. The molecule has 0 bridgehead atoms. The van der Waals surface area contributed by atoms with Crippen molar-refractivity contribution >= 4 is 18.3 Å². The number of likely N-dealkylation sites (N-methyl/N-ethyl adjacent to an activating group) is 1. The van der Waals surface area contributed by atoms with Crippen LogP contribution >= 0.6 is 0 Å². The van der Waals surface area contributed by atoms with Crippen molar-refractivity contribution in [1.29, 1.82) is 0 Å². The van der Waals surface area contributed by atoms with E-state index in [0.29, 0.717) is 30.8 Å². The average Bonchev–Trinajstić information content (AvgIpc) is 2.62. The van der Waals surface area contributed by atoms with Crippen LogP contribution in [0.4, 0.5) is 5.69 Å². The van der Waals surface area contributed by atoms with Gasteiger partial charge in [0.2, 0.25) is 0 Å². The first-order chi connectivity index (χ1) is 12.4. The largest absolute Gasteiger partial charge is 0.386 e. The normalized spacial score (nSPS) is 11.1. The van der Waals surface area contributed by atoms with Gasteiger partial charge in [-0.2, -0.15) is 5.10 Å². The first-order valence-corrected chi connectivity index (χ1v) is 8.63. The molecule has 0 fully saturated rings. The molecule has 0 saturated heterocycles. The van der Waals surface area contributed by atoms with Crippen molar-refractivity contribution in [3.05, 3.63) is 59.4 Å². The number of nitrogens with zero attached hydrogens (tertiary/aromatic N) is 3. The number of benzene rings is 1. The van der Waals surface area contributed by atoms with Gasteiger partial charge in [-0.15, -0.1) is 0 Å². The summed E-state index contributed by atoms with van der Waals surface area (Å²) in [6, 6.07) is 9.17. The first kappa shape index (κ1) is 19.6. The predicted octanol–water partition coefficient (Wildman–Crippen LogP) is 3.04. The van der Waals surface area contributed by atoms with Crippen molar-refractivity contribution in [1.82, 2.24) is 9.88 Å². The van der Waals surface area contributed by atoms with E-state index in [-0.39, 0.29) is 5.91 Å². The maximum Gasteiger partial charge on any atom is 0.256 e. The molecule has 6 heteroatoms. The summed E-state index contributed by atoms with van der Waals surface area (Å²) in [5, 5.41) is 13.8.